The van der Waals surface area contributed by atoms with Crippen LogP contribution in [-0.2, 0) is 0 Å². The van der Waals surface area contributed by atoms with Gasteiger partial charge in [-0.3, -0.25) is 0 Å². The minimum absolute atomic E-state index is 0.513. The summed E-state index contributed by atoms with van der Waals surface area (Å²) in [4.78, 5) is 6.80. The van der Waals surface area contributed by atoms with E-state index in [4.69, 9.17) is 5.73 Å². The number of hydrogen-bond acceptors (Lipinski definition) is 1. The summed E-state index contributed by atoms with van der Waals surface area (Å²) in [5, 5.41) is 0. The van der Waals surface area contributed by atoms with Crippen LogP contribution in [0.3, 0.4) is 0 Å². The summed E-state index contributed by atoms with van der Waals surface area (Å²) in [5.74, 6) is 0.764. The maximum Gasteiger partial charge on any atom is 0.191 e. The van der Waals surface area contributed by atoms with Crippen LogP contribution >= 0.6 is 0 Å². The van der Waals surface area contributed by atoms with Gasteiger partial charge >= 0.3 is 0 Å². The van der Waals surface area contributed by atoms with Crippen molar-refractivity contribution in [1.29, 1.82) is 0 Å². The van der Waals surface area contributed by atoms with Crippen LogP contribution in [0.5, 0.6) is 0 Å². The molecule has 0 saturated heterocycles. The molecule has 0 radical (unpaired) electrons. The predicted molar refractivity (Wildman–Crippen MR) is 66.0 cm³/mol. The molecule has 1 aliphatic rings. The lowest BCUT2D eigenvalue weighted by atomic mass is 10.2. The molecule has 2 N–H and O–H groups in total. The third kappa shape index (κ3) is 4.10. The van der Waals surface area contributed by atoms with Crippen LogP contribution in [0, 0.1) is 0 Å². The molecule has 3 nitrogen and oxygen atoms in total. The first-order chi connectivity index (χ1) is 7.19. The molecule has 0 amide bonds. The van der Waals surface area contributed by atoms with Gasteiger partial charge in [-0.1, -0.05) is 20.3 Å². The van der Waals surface area contributed by atoms with Crippen LogP contribution in [-0.4, -0.2) is 29.5 Å². The summed E-state index contributed by atoms with van der Waals surface area (Å²) < 4.78 is 0. The summed E-state index contributed by atoms with van der Waals surface area (Å²) in [5.41, 5.74) is 6.05. The van der Waals surface area contributed by atoms with Crippen LogP contribution in [0.4, 0.5) is 0 Å². The van der Waals surface area contributed by atoms with Gasteiger partial charge in [0.1, 0.15) is 0 Å². The molecule has 1 saturated carbocycles. The lowest BCUT2D eigenvalue weighted by Crippen LogP contribution is -2.44. The van der Waals surface area contributed by atoms with E-state index in [1.54, 1.807) is 0 Å². The quantitative estimate of drug-likeness (QED) is 0.541. The Morgan fingerprint density at radius 1 is 1.47 bits per heavy atom. The van der Waals surface area contributed by atoms with Gasteiger partial charge in [-0.25, -0.2) is 4.99 Å². The standard InChI is InChI=1S/C12H25N3/c1-4-6-9-15(10(3)5-2)12(13)14-11-7-8-11/h10-11H,4-9H2,1-3H3,(H2,13,14). The number of hydrogen-bond donors (Lipinski definition) is 1. The molecule has 88 valence electrons. The van der Waals surface area contributed by atoms with Crippen molar-refractivity contribution >= 4 is 5.96 Å². The highest BCUT2D eigenvalue weighted by atomic mass is 15.3. The molecular weight excluding hydrogens is 186 g/mol. The molecule has 15 heavy (non-hydrogen) atoms. The molecule has 0 heterocycles. The number of guanidine groups is 1. The minimum atomic E-state index is 0.513. The van der Waals surface area contributed by atoms with E-state index in [9.17, 15) is 0 Å². The molecular formula is C12H25N3. The van der Waals surface area contributed by atoms with Crippen molar-refractivity contribution in [2.75, 3.05) is 6.54 Å². The van der Waals surface area contributed by atoms with Gasteiger partial charge in [0.2, 0.25) is 0 Å². The van der Waals surface area contributed by atoms with Crippen LogP contribution in [0.15, 0.2) is 4.99 Å². The van der Waals surface area contributed by atoms with Gasteiger partial charge in [-0.15, -0.1) is 0 Å². The number of nitrogens with zero attached hydrogens (tertiary/aromatic N) is 2. The SMILES string of the molecule is CCCCN(C(N)=NC1CC1)C(C)CC. The molecule has 3 heteroatoms. The summed E-state index contributed by atoms with van der Waals surface area (Å²) in [6.45, 7) is 7.69. The van der Waals surface area contributed by atoms with Crippen molar-refractivity contribution in [2.24, 2.45) is 10.7 Å². The van der Waals surface area contributed by atoms with Crippen LogP contribution in [0.2, 0.25) is 0 Å². The second kappa shape index (κ2) is 5.99. The first-order valence-electron chi connectivity index (χ1n) is 6.28. The van der Waals surface area contributed by atoms with Gasteiger partial charge in [0.25, 0.3) is 0 Å². The van der Waals surface area contributed by atoms with Crippen molar-refractivity contribution < 1.29 is 0 Å². The van der Waals surface area contributed by atoms with E-state index in [0.29, 0.717) is 12.1 Å². The van der Waals surface area contributed by atoms with Gasteiger partial charge in [0.15, 0.2) is 5.96 Å². The van der Waals surface area contributed by atoms with Crippen molar-refractivity contribution in [1.82, 2.24) is 4.90 Å². The van der Waals surface area contributed by atoms with E-state index in [1.165, 1.54) is 25.7 Å². The topological polar surface area (TPSA) is 41.6 Å². The van der Waals surface area contributed by atoms with Gasteiger partial charge in [-0.2, -0.15) is 0 Å². The molecule has 1 aliphatic carbocycles. The molecule has 0 aromatic heterocycles. The normalized spacial score (nSPS) is 19.0. The molecule has 0 bridgehead atoms. The summed E-state index contributed by atoms with van der Waals surface area (Å²) in [6.07, 6.45) is 5.99. The lowest BCUT2D eigenvalue weighted by molar-refractivity contribution is 0.312. The molecule has 0 aromatic rings. The summed E-state index contributed by atoms with van der Waals surface area (Å²) >= 11 is 0. The Balaban J connectivity index is 2.52. The second-order valence-electron chi connectivity index (χ2n) is 4.52. The zero-order chi connectivity index (χ0) is 11.3. The predicted octanol–water partition coefficient (Wildman–Crippen LogP) is 2.36. The molecule has 0 aliphatic heterocycles. The van der Waals surface area contributed by atoms with E-state index in [0.717, 1.165) is 18.9 Å². The van der Waals surface area contributed by atoms with Crippen molar-refractivity contribution in [2.45, 2.75) is 65.0 Å². The Morgan fingerprint density at radius 3 is 2.60 bits per heavy atom. The van der Waals surface area contributed by atoms with Gasteiger partial charge < -0.3 is 10.6 Å². The van der Waals surface area contributed by atoms with Crippen LogP contribution < -0.4 is 5.73 Å². The summed E-state index contributed by atoms with van der Waals surface area (Å²) in [6, 6.07) is 1.04. The van der Waals surface area contributed by atoms with Crippen LogP contribution in [0.1, 0.15) is 52.9 Å². The van der Waals surface area contributed by atoms with Gasteiger partial charge in [0, 0.05) is 12.6 Å². The van der Waals surface area contributed by atoms with Gasteiger partial charge in [0.05, 0.1) is 6.04 Å². The lowest BCUT2D eigenvalue weighted by Gasteiger charge is -2.29. The second-order valence-corrected chi connectivity index (χ2v) is 4.52. The Labute approximate surface area is 93.7 Å². The Bertz CT molecular complexity index is 209. The highest BCUT2D eigenvalue weighted by molar-refractivity contribution is 5.78. The Kier molecular flexibility index (Phi) is 4.92. The average Bonchev–Trinajstić information content (AvgIpc) is 3.01. The largest absolute Gasteiger partial charge is 0.370 e. The van der Waals surface area contributed by atoms with E-state index in [2.05, 4.69) is 30.7 Å². The van der Waals surface area contributed by atoms with E-state index in [1.807, 2.05) is 0 Å². The third-order valence-electron chi connectivity index (χ3n) is 3.03. The van der Waals surface area contributed by atoms with E-state index >= 15 is 0 Å². The maximum atomic E-state index is 6.05. The van der Waals surface area contributed by atoms with Crippen molar-refractivity contribution in [3.05, 3.63) is 0 Å². The monoisotopic (exact) mass is 211 g/mol. The highest BCUT2D eigenvalue weighted by Gasteiger charge is 2.22. The zero-order valence-electron chi connectivity index (χ0n) is 10.4. The average molecular weight is 211 g/mol. The van der Waals surface area contributed by atoms with Crippen molar-refractivity contribution in [3.63, 3.8) is 0 Å². The first-order valence-corrected chi connectivity index (χ1v) is 6.28. The molecule has 1 unspecified atom stereocenters. The fraction of sp³-hybridized carbons (Fsp3) is 0.917. The molecule has 1 fully saturated rings. The Hall–Kier alpha value is -0.730. The van der Waals surface area contributed by atoms with Crippen LogP contribution in [0.25, 0.3) is 0 Å². The molecule has 0 aromatic carbocycles. The highest BCUT2D eigenvalue weighted by Crippen LogP contribution is 2.23. The number of aliphatic imine (C=N–C) groups is 1. The van der Waals surface area contributed by atoms with Crippen molar-refractivity contribution in [3.8, 4) is 0 Å². The number of rotatable bonds is 6. The first kappa shape index (κ1) is 12.3. The minimum Gasteiger partial charge on any atom is -0.370 e. The molecule has 0 spiro atoms. The van der Waals surface area contributed by atoms with Gasteiger partial charge in [-0.05, 0) is 32.6 Å². The molecule has 1 atom stereocenters. The Morgan fingerprint density at radius 2 is 2.13 bits per heavy atom. The fourth-order valence-corrected chi connectivity index (χ4v) is 1.57. The third-order valence-corrected chi connectivity index (χ3v) is 3.03. The fourth-order valence-electron chi connectivity index (χ4n) is 1.57. The summed E-state index contributed by atoms with van der Waals surface area (Å²) in [7, 11) is 0. The zero-order valence-corrected chi connectivity index (χ0v) is 10.4. The number of unbranched alkanes of at least 4 members (excludes halogenated alkanes) is 1. The molecule has 1 rings (SSSR count). The number of nitrogens with two attached hydrogens (primary N) is 1. The maximum absolute atomic E-state index is 6.05. The van der Waals surface area contributed by atoms with E-state index in [-0.39, 0.29) is 0 Å². The smallest absolute Gasteiger partial charge is 0.191 e. The van der Waals surface area contributed by atoms with E-state index < -0.39 is 0 Å².